The van der Waals surface area contributed by atoms with Crippen LogP contribution in [-0.4, -0.2) is 37.2 Å². The summed E-state index contributed by atoms with van der Waals surface area (Å²) >= 11 is 0. The van der Waals surface area contributed by atoms with Gasteiger partial charge in [-0.25, -0.2) is 9.67 Å². The van der Waals surface area contributed by atoms with E-state index in [9.17, 15) is 4.79 Å². The van der Waals surface area contributed by atoms with Gasteiger partial charge in [-0.2, -0.15) is 5.10 Å². The van der Waals surface area contributed by atoms with Gasteiger partial charge in [0.25, 0.3) is 0 Å². The Kier molecular flexibility index (Phi) is 6.54. The van der Waals surface area contributed by atoms with Crippen LogP contribution in [0.3, 0.4) is 0 Å². The van der Waals surface area contributed by atoms with Crippen LogP contribution in [0.2, 0.25) is 0 Å². The van der Waals surface area contributed by atoms with E-state index in [1.54, 1.807) is 4.90 Å². The van der Waals surface area contributed by atoms with Crippen molar-refractivity contribution in [2.45, 2.75) is 33.5 Å². The smallest absolute Gasteiger partial charge is 0.242 e. The highest BCUT2D eigenvalue weighted by molar-refractivity contribution is 5.81. The summed E-state index contributed by atoms with van der Waals surface area (Å²) in [6, 6.07) is 27.5. The Morgan fingerprint density at radius 1 is 0.917 bits per heavy atom. The van der Waals surface area contributed by atoms with Gasteiger partial charge in [-0.05, 0) is 50.2 Å². The molecule has 0 bridgehead atoms. The summed E-state index contributed by atoms with van der Waals surface area (Å²) in [5, 5.41) is 4.72. The van der Waals surface area contributed by atoms with E-state index in [4.69, 9.17) is 14.8 Å². The van der Waals surface area contributed by atoms with Gasteiger partial charge in [-0.3, -0.25) is 4.79 Å². The van der Waals surface area contributed by atoms with Gasteiger partial charge in [-0.1, -0.05) is 48.5 Å². The molecule has 0 aliphatic carbocycles. The maximum absolute atomic E-state index is 13.4. The van der Waals surface area contributed by atoms with Gasteiger partial charge >= 0.3 is 0 Å². The summed E-state index contributed by atoms with van der Waals surface area (Å²) < 4.78 is 9.84. The Hall–Kier alpha value is -4.39. The van der Waals surface area contributed by atoms with Crippen LogP contribution in [-0.2, 0) is 24.5 Å². The van der Waals surface area contributed by atoms with E-state index in [1.165, 1.54) is 0 Å². The minimum atomic E-state index is -0.00891. The first kappa shape index (κ1) is 23.4. The van der Waals surface area contributed by atoms with Crippen LogP contribution in [0.5, 0.6) is 5.75 Å². The fourth-order valence-electron chi connectivity index (χ4n) is 4.38. The van der Waals surface area contributed by atoms with E-state index < -0.39 is 0 Å². The number of aryl methyl sites for hydroxylation is 1. The van der Waals surface area contributed by atoms with Gasteiger partial charge in [0.15, 0.2) is 0 Å². The zero-order valence-electron chi connectivity index (χ0n) is 20.8. The number of likely N-dealkylation sites (N-methyl/N-ethyl adjacent to an activating group) is 1. The van der Waals surface area contributed by atoms with Crippen LogP contribution in [0, 0.1) is 13.8 Å². The van der Waals surface area contributed by atoms with Gasteiger partial charge < -0.3 is 14.2 Å². The molecule has 0 saturated heterocycles. The molecule has 5 aromatic rings. The number of ether oxygens (including phenoxy) is 1. The fraction of sp³-hybridized carbons (Fsp3) is 0.207. The molecule has 0 unspecified atom stereocenters. The van der Waals surface area contributed by atoms with Crippen molar-refractivity contribution in [3.8, 4) is 11.4 Å². The zero-order chi connectivity index (χ0) is 25.1. The van der Waals surface area contributed by atoms with Crippen molar-refractivity contribution in [2.24, 2.45) is 0 Å². The molecule has 0 aliphatic rings. The Morgan fingerprint density at radius 3 is 2.33 bits per heavy atom. The number of para-hydroxylation sites is 4. The molecule has 1 amide bonds. The summed E-state index contributed by atoms with van der Waals surface area (Å²) in [6.07, 6.45) is 0. The minimum Gasteiger partial charge on any atom is -0.486 e. The van der Waals surface area contributed by atoms with Crippen molar-refractivity contribution < 1.29 is 9.53 Å². The number of carbonyl (C=O) groups is 1. The molecule has 2 heterocycles. The summed E-state index contributed by atoms with van der Waals surface area (Å²) in [6.45, 7) is 4.96. The van der Waals surface area contributed by atoms with Crippen molar-refractivity contribution in [3.05, 3.63) is 108 Å². The molecule has 7 heteroatoms. The Labute approximate surface area is 210 Å². The second-order valence-corrected chi connectivity index (χ2v) is 8.85. The lowest BCUT2D eigenvalue weighted by Gasteiger charge is -2.19. The van der Waals surface area contributed by atoms with Gasteiger partial charge in [0.2, 0.25) is 5.91 Å². The third-order valence-electron chi connectivity index (χ3n) is 6.40. The van der Waals surface area contributed by atoms with Gasteiger partial charge in [0, 0.05) is 24.8 Å². The zero-order valence-corrected chi connectivity index (χ0v) is 20.8. The Morgan fingerprint density at radius 2 is 1.58 bits per heavy atom. The lowest BCUT2D eigenvalue weighted by atomic mass is 10.2. The summed E-state index contributed by atoms with van der Waals surface area (Å²) in [5.41, 5.74) is 5.76. The molecule has 2 aromatic heterocycles. The highest BCUT2D eigenvalue weighted by Gasteiger charge is 2.20. The van der Waals surface area contributed by atoms with E-state index in [1.807, 2.05) is 115 Å². The summed E-state index contributed by atoms with van der Waals surface area (Å²) in [5.74, 6) is 1.47. The van der Waals surface area contributed by atoms with E-state index in [0.29, 0.717) is 12.4 Å². The molecule has 36 heavy (non-hydrogen) atoms. The van der Waals surface area contributed by atoms with Crippen LogP contribution in [0.4, 0.5) is 0 Å². The minimum absolute atomic E-state index is 0.00891. The van der Waals surface area contributed by atoms with Crippen LogP contribution in [0.1, 0.15) is 22.8 Å². The third kappa shape index (κ3) is 4.73. The van der Waals surface area contributed by atoms with Crippen molar-refractivity contribution in [2.75, 3.05) is 7.05 Å². The number of rotatable bonds is 8. The van der Waals surface area contributed by atoms with E-state index in [-0.39, 0.29) is 19.1 Å². The average Bonchev–Trinajstić information content (AvgIpc) is 3.40. The largest absolute Gasteiger partial charge is 0.486 e. The molecule has 3 aromatic carbocycles. The number of hydrogen-bond donors (Lipinski definition) is 0. The first-order valence-corrected chi connectivity index (χ1v) is 12.0. The molecular weight excluding hydrogens is 450 g/mol. The maximum atomic E-state index is 13.4. The number of imidazole rings is 1. The predicted octanol–water partition coefficient (Wildman–Crippen LogP) is 5.08. The maximum Gasteiger partial charge on any atom is 0.242 e. The molecule has 0 fully saturated rings. The molecule has 0 aliphatic heterocycles. The van der Waals surface area contributed by atoms with Crippen LogP contribution in [0.25, 0.3) is 16.7 Å². The van der Waals surface area contributed by atoms with Crippen molar-refractivity contribution in [3.63, 3.8) is 0 Å². The van der Waals surface area contributed by atoms with E-state index >= 15 is 0 Å². The Balaban J connectivity index is 1.36. The van der Waals surface area contributed by atoms with Crippen LogP contribution in [0.15, 0.2) is 84.9 Å². The molecule has 0 saturated carbocycles. The van der Waals surface area contributed by atoms with Crippen molar-refractivity contribution in [1.82, 2.24) is 24.2 Å². The second kappa shape index (κ2) is 10.1. The highest BCUT2D eigenvalue weighted by atomic mass is 16.5. The molecular formula is C29H29N5O2. The van der Waals surface area contributed by atoms with E-state index in [0.717, 1.165) is 39.4 Å². The number of nitrogens with zero attached hydrogens (tertiary/aromatic N) is 5. The first-order valence-electron chi connectivity index (χ1n) is 12.0. The number of aromatic nitrogens is 4. The standard InChI is InChI=1S/C29H29N5O2/c1-21-25(22(2)34(31-21)23-12-6-4-7-13-23)18-32(3)29(35)19-33-27-17-11-10-16-26(27)30-28(33)20-36-24-14-8-5-9-15-24/h4-17H,18-20H2,1-3H3. The lowest BCUT2D eigenvalue weighted by molar-refractivity contribution is -0.131. The van der Waals surface area contributed by atoms with Gasteiger partial charge in [0.05, 0.1) is 22.4 Å². The van der Waals surface area contributed by atoms with Crippen molar-refractivity contribution in [1.29, 1.82) is 0 Å². The van der Waals surface area contributed by atoms with Crippen molar-refractivity contribution >= 4 is 16.9 Å². The number of amides is 1. The first-order chi connectivity index (χ1) is 17.5. The number of fused-ring (bicyclic) bond motifs is 1. The third-order valence-corrected chi connectivity index (χ3v) is 6.40. The predicted molar refractivity (Wildman–Crippen MR) is 140 cm³/mol. The molecule has 182 valence electrons. The highest BCUT2D eigenvalue weighted by Crippen LogP contribution is 2.21. The molecule has 5 rings (SSSR count). The van der Waals surface area contributed by atoms with Crippen LogP contribution >= 0.6 is 0 Å². The number of benzene rings is 3. The number of hydrogen-bond acceptors (Lipinski definition) is 4. The average molecular weight is 480 g/mol. The molecule has 0 atom stereocenters. The fourth-order valence-corrected chi connectivity index (χ4v) is 4.38. The monoisotopic (exact) mass is 479 g/mol. The molecule has 0 N–H and O–H groups in total. The molecule has 0 spiro atoms. The van der Waals surface area contributed by atoms with Gasteiger partial charge in [-0.15, -0.1) is 0 Å². The summed E-state index contributed by atoms with van der Waals surface area (Å²) in [4.78, 5) is 19.9. The summed E-state index contributed by atoms with van der Waals surface area (Å²) in [7, 11) is 1.83. The lowest BCUT2D eigenvalue weighted by Crippen LogP contribution is -2.30. The Bertz CT molecular complexity index is 1490. The van der Waals surface area contributed by atoms with E-state index in [2.05, 4.69) is 0 Å². The molecule has 0 radical (unpaired) electrons. The van der Waals surface area contributed by atoms with Crippen LogP contribution < -0.4 is 4.74 Å². The SMILES string of the molecule is Cc1nn(-c2ccccc2)c(C)c1CN(C)C(=O)Cn1c(COc2ccccc2)nc2ccccc21. The second-order valence-electron chi connectivity index (χ2n) is 8.85. The number of carbonyl (C=O) groups excluding carboxylic acids is 1. The molecule has 7 nitrogen and oxygen atoms in total. The quantitative estimate of drug-likeness (QED) is 0.311. The normalized spacial score (nSPS) is 11.1. The van der Waals surface area contributed by atoms with Gasteiger partial charge in [0.1, 0.15) is 24.7 Å². The topological polar surface area (TPSA) is 65.2 Å².